The number of anilines is 1. The quantitative estimate of drug-likeness (QED) is 0.660. The summed E-state index contributed by atoms with van der Waals surface area (Å²) < 4.78 is 20.4. The van der Waals surface area contributed by atoms with E-state index in [1.807, 2.05) is 0 Å². The predicted molar refractivity (Wildman–Crippen MR) is 66.2 cm³/mol. The molecule has 4 N–H and O–H groups in total. The van der Waals surface area contributed by atoms with Crippen LogP contribution in [0.15, 0.2) is 12.7 Å². The van der Waals surface area contributed by atoms with Gasteiger partial charge in [-0.15, -0.1) is 0 Å². The number of rotatable bonds is 4. The zero-order valence-electron chi connectivity index (χ0n) is 10.5. The first-order valence-corrected chi connectivity index (χ1v) is 6.07. The Kier molecular flexibility index (Phi) is 3.04. The zero-order valence-corrected chi connectivity index (χ0v) is 10.5. The lowest BCUT2D eigenvalue weighted by atomic mass is 9.84. The molecule has 0 saturated carbocycles. The molecule has 0 radical (unpaired) electrons. The van der Waals surface area contributed by atoms with Crippen molar-refractivity contribution in [2.24, 2.45) is 5.92 Å². The fourth-order valence-corrected chi connectivity index (χ4v) is 2.63. The van der Waals surface area contributed by atoms with Crippen LogP contribution in [0.1, 0.15) is 0 Å². The van der Waals surface area contributed by atoms with Crippen LogP contribution >= 0.6 is 0 Å². The van der Waals surface area contributed by atoms with Gasteiger partial charge in [0.2, 0.25) is 0 Å². The van der Waals surface area contributed by atoms with E-state index in [0.717, 1.165) is 0 Å². The van der Waals surface area contributed by atoms with Gasteiger partial charge in [-0.3, -0.25) is 4.57 Å². The molecule has 1 fully saturated rings. The van der Waals surface area contributed by atoms with Crippen molar-refractivity contribution in [1.29, 1.82) is 0 Å². The monoisotopic (exact) mass is 283 g/mol. The normalized spacial score (nSPS) is 29.6. The van der Waals surface area contributed by atoms with E-state index in [2.05, 4.69) is 15.0 Å². The first kappa shape index (κ1) is 13.2. The van der Waals surface area contributed by atoms with Crippen molar-refractivity contribution < 1.29 is 19.3 Å². The number of aliphatic hydroxyl groups is 2. The Hall–Kier alpha value is -1.84. The number of hydrogen-bond donors (Lipinski definition) is 3. The van der Waals surface area contributed by atoms with Gasteiger partial charge in [0.1, 0.15) is 18.5 Å². The molecule has 3 heterocycles. The number of nitrogen functional groups attached to an aromatic ring is 1. The maximum absolute atomic E-state index is 13.6. The largest absolute Gasteiger partial charge is 0.396 e. The highest BCUT2D eigenvalue weighted by molar-refractivity contribution is 5.81. The summed E-state index contributed by atoms with van der Waals surface area (Å²) in [5.74, 6) is -0.410. The van der Waals surface area contributed by atoms with Gasteiger partial charge in [-0.1, -0.05) is 0 Å². The second-order valence-electron chi connectivity index (χ2n) is 4.65. The number of nitrogens with zero attached hydrogens (tertiary/aromatic N) is 4. The number of aromatic nitrogens is 4. The molecule has 9 heteroatoms. The summed E-state index contributed by atoms with van der Waals surface area (Å²) in [6.07, 6.45) is 1.98. The number of ether oxygens (including phenoxy) is 1. The molecule has 1 unspecified atom stereocenters. The third-order valence-corrected chi connectivity index (χ3v) is 3.72. The molecule has 0 bridgehead atoms. The first-order chi connectivity index (χ1) is 9.67. The smallest absolute Gasteiger partial charge is 0.183 e. The molecule has 0 aliphatic carbocycles. The van der Waals surface area contributed by atoms with Crippen LogP contribution in [-0.4, -0.2) is 55.7 Å². The summed E-state index contributed by atoms with van der Waals surface area (Å²) in [7, 11) is 0. The molecule has 1 saturated heterocycles. The van der Waals surface area contributed by atoms with Gasteiger partial charge in [-0.05, 0) is 0 Å². The molecule has 8 nitrogen and oxygen atoms in total. The molecule has 1 aliphatic rings. The minimum absolute atomic E-state index is 0.182. The molecule has 0 aromatic carbocycles. The third-order valence-electron chi connectivity index (χ3n) is 3.72. The lowest BCUT2D eigenvalue weighted by Crippen LogP contribution is -2.64. The van der Waals surface area contributed by atoms with Crippen LogP contribution in [-0.2, 0) is 10.5 Å². The third kappa shape index (κ3) is 1.54. The maximum Gasteiger partial charge on any atom is 0.183 e. The summed E-state index contributed by atoms with van der Waals surface area (Å²) in [5, 5.41) is 18.6. The van der Waals surface area contributed by atoms with Gasteiger partial charge in [-0.2, -0.15) is 0 Å². The second kappa shape index (κ2) is 4.62. The van der Waals surface area contributed by atoms with E-state index in [-0.39, 0.29) is 19.0 Å². The topological polar surface area (TPSA) is 119 Å². The Bertz CT molecular complexity index is 636. The highest BCUT2D eigenvalue weighted by Gasteiger charge is 2.57. The molecule has 1 aliphatic heterocycles. The average Bonchev–Trinajstić information content (AvgIpc) is 2.86. The van der Waals surface area contributed by atoms with Gasteiger partial charge in [0.25, 0.3) is 0 Å². The van der Waals surface area contributed by atoms with Crippen molar-refractivity contribution in [2.75, 3.05) is 25.6 Å². The minimum Gasteiger partial charge on any atom is -0.396 e. The van der Waals surface area contributed by atoms with E-state index < -0.39 is 24.4 Å². The molecule has 3 atom stereocenters. The standard InChI is InChI=1S/C11H14FN5O3/c12-3-11(6(1-18)7(2-19)20-11)17-5-16-8-9(13)14-4-15-10(8)17/h4-7,18-19H,1-3H2,(H2,13,14,15)/t6?,7-,11-/m1/s1. The van der Waals surface area contributed by atoms with Crippen molar-refractivity contribution in [1.82, 2.24) is 19.5 Å². The van der Waals surface area contributed by atoms with E-state index in [1.165, 1.54) is 17.2 Å². The van der Waals surface area contributed by atoms with Crippen LogP contribution in [0, 0.1) is 5.92 Å². The lowest BCUT2D eigenvalue weighted by molar-refractivity contribution is -0.327. The van der Waals surface area contributed by atoms with Gasteiger partial charge < -0.3 is 20.7 Å². The van der Waals surface area contributed by atoms with Crippen LogP contribution in [0.5, 0.6) is 0 Å². The minimum atomic E-state index is -1.42. The molecule has 2 aromatic rings. The van der Waals surface area contributed by atoms with Crippen LogP contribution in [0.3, 0.4) is 0 Å². The molecule has 0 amide bonds. The Morgan fingerprint density at radius 2 is 2.15 bits per heavy atom. The molecule has 108 valence electrons. The molecule has 3 rings (SSSR count). The van der Waals surface area contributed by atoms with E-state index in [1.54, 1.807) is 0 Å². The van der Waals surface area contributed by atoms with Gasteiger partial charge in [-0.25, -0.2) is 19.3 Å². The summed E-state index contributed by atoms with van der Waals surface area (Å²) in [6.45, 7) is -1.50. The van der Waals surface area contributed by atoms with Crippen LogP contribution in [0.4, 0.5) is 10.2 Å². The Labute approximate surface area is 113 Å². The molecular weight excluding hydrogens is 269 g/mol. The fourth-order valence-electron chi connectivity index (χ4n) is 2.63. The maximum atomic E-state index is 13.6. The number of imidazole rings is 1. The van der Waals surface area contributed by atoms with Crippen molar-refractivity contribution >= 4 is 17.0 Å². The first-order valence-electron chi connectivity index (χ1n) is 6.07. The number of alkyl halides is 1. The number of fused-ring (bicyclic) bond motifs is 1. The number of aliphatic hydroxyl groups excluding tert-OH is 2. The van der Waals surface area contributed by atoms with Crippen LogP contribution < -0.4 is 5.73 Å². The lowest BCUT2D eigenvalue weighted by Gasteiger charge is -2.52. The number of halogens is 1. The van der Waals surface area contributed by atoms with Crippen LogP contribution in [0.25, 0.3) is 11.2 Å². The number of nitrogens with two attached hydrogens (primary N) is 1. The van der Waals surface area contributed by atoms with Crippen molar-refractivity contribution in [3.63, 3.8) is 0 Å². The van der Waals surface area contributed by atoms with E-state index in [9.17, 15) is 9.50 Å². The van der Waals surface area contributed by atoms with E-state index in [0.29, 0.717) is 11.2 Å². The highest BCUT2D eigenvalue weighted by Crippen LogP contribution is 2.44. The fraction of sp³-hybridized carbons (Fsp3) is 0.545. The van der Waals surface area contributed by atoms with E-state index in [4.69, 9.17) is 15.6 Å². The molecule has 0 spiro atoms. The zero-order chi connectivity index (χ0) is 14.3. The van der Waals surface area contributed by atoms with Gasteiger partial charge in [0.05, 0.1) is 31.6 Å². The van der Waals surface area contributed by atoms with Gasteiger partial charge in [0.15, 0.2) is 17.2 Å². The summed E-state index contributed by atoms with van der Waals surface area (Å²) in [4.78, 5) is 11.9. The number of hydrogen-bond acceptors (Lipinski definition) is 7. The van der Waals surface area contributed by atoms with Crippen molar-refractivity contribution in [2.45, 2.75) is 11.8 Å². The highest BCUT2D eigenvalue weighted by atomic mass is 19.1. The average molecular weight is 283 g/mol. The van der Waals surface area contributed by atoms with E-state index >= 15 is 0 Å². The van der Waals surface area contributed by atoms with Gasteiger partial charge >= 0.3 is 0 Å². The molecule has 20 heavy (non-hydrogen) atoms. The Morgan fingerprint density at radius 3 is 2.80 bits per heavy atom. The predicted octanol–water partition coefficient (Wildman–Crippen LogP) is -0.970. The summed E-state index contributed by atoms with van der Waals surface area (Å²) in [6, 6.07) is 0. The van der Waals surface area contributed by atoms with Crippen LogP contribution in [0.2, 0.25) is 0 Å². The summed E-state index contributed by atoms with van der Waals surface area (Å²) >= 11 is 0. The molecular formula is C11H14FN5O3. The SMILES string of the molecule is Nc1ncnc2c1ncn2[C@]1(CF)O[C@H](CO)C1CO. The van der Waals surface area contributed by atoms with Gasteiger partial charge in [0, 0.05) is 0 Å². The molecule has 2 aromatic heterocycles. The second-order valence-corrected chi connectivity index (χ2v) is 4.65. The van der Waals surface area contributed by atoms with Crippen molar-refractivity contribution in [3.8, 4) is 0 Å². The Morgan fingerprint density at radius 1 is 1.35 bits per heavy atom. The van der Waals surface area contributed by atoms with Crippen molar-refractivity contribution in [3.05, 3.63) is 12.7 Å². The summed E-state index contributed by atoms with van der Waals surface area (Å²) in [5.41, 5.74) is 4.93. The Balaban J connectivity index is 2.11.